The van der Waals surface area contributed by atoms with Gasteiger partial charge in [-0.05, 0) is 31.0 Å². The Morgan fingerprint density at radius 1 is 1.24 bits per heavy atom. The van der Waals surface area contributed by atoms with Gasteiger partial charge in [0.05, 0.1) is 11.0 Å². The smallest absolute Gasteiger partial charge is 0.311 e. The number of amides is 1. The summed E-state index contributed by atoms with van der Waals surface area (Å²) >= 11 is 0. The molecule has 0 aliphatic heterocycles. The van der Waals surface area contributed by atoms with E-state index in [-0.39, 0.29) is 17.9 Å². The van der Waals surface area contributed by atoms with Gasteiger partial charge < -0.3 is 15.5 Å². The van der Waals surface area contributed by atoms with Crippen molar-refractivity contribution in [2.75, 3.05) is 6.54 Å². The summed E-state index contributed by atoms with van der Waals surface area (Å²) in [6.07, 6.45) is 3.64. The first-order valence-corrected chi connectivity index (χ1v) is 6.95. The Morgan fingerprint density at radius 2 is 1.90 bits per heavy atom. The van der Waals surface area contributed by atoms with Crippen molar-refractivity contribution in [3.8, 4) is 5.75 Å². The van der Waals surface area contributed by atoms with Crippen LogP contribution in [0.2, 0.25) is 0 Å². The lowest BCUT2D eigenvalue weighted by Gasteiger charge is -2.33. The number of nitrogens with one attached hydrogen (secondary N) is 1. The third kappa shape index (κ3) is 3.32. The maximum absolute atomic E-state index is 13.1. The van der Waals surface area contributed by atoms with E-state index in [0.717, 1.165) is 37.5 Å². The van der Waals surface area contributed by atoms with E-state index in [2.05, 4.69) is 5.32 Å². The first-order valence-electron chi connectivity index (χ1n) is 6.95. The molecule has 0 spiro atoms. The molecule has 1 aromatic rings. The van der Waals surface area contributed by atoms with E-state index in [0.29, 0.717) is 12.8 Å². The van der Waals surface area contributed by atoms with Crippen LogP contribution in [-0.2, 0) is 4.79 Å². The highest BCUT2D eigenvalue weighted by molar-refractivity contribution is 5.97. The van der Waals surface area contributed by atoms with Crippen LogP contribution in [0, 0.1) is 11.2 Å². The van der Waals surface area contributed by atoms with Crippen molar-refractivity contribution in [2.45, 2.75) is 32.1 Å². The second kappa shape index (κ2) is 6.11. The maximum atomic E-state index is 13.1. The maximum Gasteiger partial charge on any atom is 0.311 e. The van der Waals surface area contributed by atoms with Crippen LogP contribution in [0.15, 0.2) is 18.2 Å². The van der Waals surface area contributed by atoms with Crippen molar-refractivity contribution in [1.82, 2.24) is 5.32 Å². The lowest BCUT2D eigenvalue weighted by Crippen LogP contribution is -2.44. The minimum absolute atomic E-state index is 0.0167. The zero-order valence-electron chi connectivity index (χ0n) is 11.6. The third-order valence-electron chi connectivity index (χ3n) is 4.05. The van der Waals surface area contributed by atoms with E-state index < -0.39 is 23.1 Å². The minimum atomic E-state index is -0.961. The molecule has 0 unspecified atom stereocenters. The molecule has 0 aromatic heterocycles. The number of hydrogen-bond acceptors (Lipinski definition) is 3. The van der Waals surface area contributed by atoms with Gasteiger partial charge in [-0.2, -0.15) is 0 Å². The fourth-order valence-electron chi connectivity index (χ4n) is 2.73. The molecule has 1 amide bonds. The topological polar surface area (TPSA) is 86.6 Å². The molecule has 0 radical (unpaired) electrons. The van der Waals surface area contributed by atoms with Gasteiger partial charge in [0.15, 0.2) is 0 Å². The number of aromatic hydroxyl groups is 1. The van der Waals surface area contributed by atoms with Crippen molar-refractivity contribution in [3.05, 3.63) is 29.6 Å². The fraction of sp³-hybridized carbons (Fsp3) is 0.467. The van der Waals surface area contributed by atoms with E-state index in [1.54, 1.807) is 0 Å². The van der Waals surface area contributed by atoms with Gasteiger partial charge in [-0.15, -0.1) is 0 Å². The van der Waals surface area contributed by atoms with E-state index in [4.69, 9.17) is 0 Å². The van der Waals surface area contributed by atoms with Gasteiger partial charge in [-0.3, -0.25) is 9.59 Å². The molecule has 3 N–H and O–H groups in total. The molecular formula is C15H18FNO4. The van der Waals surface area contributed by atoms with Gasteiger partial charge in [-0.25, -0.2) is 4.39 Å². The zero-order chi connectivity index (χ0) is 15.5. The average Bonchev–Trinajstić information content (AvgIpc) is 2.48. The van der Waals surface area contributed by atoms with Crippen molar-refractivity contribution in [2.24, 2.45) is 5.41 Å². The molecule has 21 heavy (non-hydrogen) atoms. The average molecular weight is 295 g/mol. The molecule has 0 atom stereocenters. The van der Waals surface area contributed by atoms with E-state index in [1.165, 1.54) is 0 Å². The molecule has 1 saturated carbocycles. The van der Waals surface area contributed by atoms with Crippen LogP contribution in [-0.4, -0.2) is 28.6 Å². The SMILES string of the molecule is O=C(NCC1(C(=O)O)CCCCC1)c1cc(F)ccc1O. The monoisotopic (exact) mass is 295 g/mol. The summed E-state index contributed by atoms with van der Waals surface area (Å²) < 4.78 is 13.1. The Bertz CT molecular complexity index is 553. The molecule has 6 heteroatoms. The van der Waals surface area contributed by atoms with Gasteiger partial charge in [-0.1, -0.05) is 19.3 Å². The highest BCUT2D eigenvalue weighted by Gasteiger charge is 2.39. The number of benzene rings is 1. The number of carboxylic acids is 1. The molecule has 5 nitrogen and oxygen atoms in total. The number of aliphatic carboxylic acids is 1. The molecule has 0 saturated heterocycles. The predicted molar refractivity (Wildman–Crippen MR) is 73.6 cm³/mol. The van der Waals surface area contributed by atoms with Crippen LogP contribution < -0.4 is 5.32 Å². The normalized spacial score (nSPS) is 17.2. The molecule has 114 valence electrons. The lowest BCUT2D eigenvalue weighted by atomic mass is 9.74. The Morgan fingerprint density at radius 3 is 2.52 bits per heavy atom. The predicted octanol–water partition coefficient (Wildman–Crippen LogP) is 2.30. The Balaban J connectivity index is 2.08. The fourth-order valence-corrected chi connectivity index (χ4v) is 2.73. The second-order valence-electron chi connectivity index (χ2n) is 5.49. The lowest BCUT2D eigenvalue weighted by molar-refractivity contribution is -0.150. The van der Waals surface area contributed by atoms with Gasteiger partial charge in [0, 0.05) is 6.54 Å². The van der Waals surface area contributed by atoms with Crippen LogP contribution >= 0.6 is 0 Å². The molecule has 1 fully saturated rings. The first kappa shape index (κ1) is 15.3. The standard InChI is InChI=1S/C15H18FNO4/c16-10-4-5-12(18)11(8-10)13(19)17-9-15(14(20)21)6-2-1-3-7-15/h4-5,8,18H,1-3,6-7,9H2,(H,17,19)(H,20,21). The summed E-state index contributed by atoms with van der Waals surface area (Å²) in [7, 11) is 0. The number of phenolic OH excluding ortho intramolecular Hbond substituents is 1. The number of rotatable bonds is 4. The summed E-state index contributed by atoms with van der Waals surface area (Å²) in [6, 6.07) is 3.07. The number of hydrogen-bond donors (Lipinski definition) is 3. The van der Waals surface area contributed by atoms with Gasteiger partial charge >= 0.3 is 5.97 Å². The molecule has 1 aliphatic rings. The van der Waals surface area contributed by atoms with Crippen LogP contribution in [0.25, 0.3) is 0 Å². The van der Waals surface area contributed by atoms with Crippen molar-refractivity contribution in [1.29, 1.82) is 0 Å². The number of carboxylic acid groups (broad SMARTS) is 1. The summed E-state index contributed by atoms with van der Waals surface area (Å²) in [6.45, 7) is -0.0167. The summed E-state index contributed by atoms with van der Waals surface area (Å²) in [5, 5.41) is 21.5. The van der Waals surface area contributed by atoms with Crippen molar-refractivity contribution in [3.63, 3.8) is 0 Å². The molecule has 1 aliphatic carbocycles. The summed E-state index contributed by atoms with van der Waals surface area (Å²) in [4.78, 5) is 23.5. The third-order valence-corrected chi connectivity index (χ3v) is 4.05. The molecule has 2 rings (SSSR count). The number of phenols is 1. The molecule has 0 heterocycles. The highest BCUT2D eigenvalue weighted by atomic mass is 19.1. The van der Waals surface area contributed by atoms with Crippen LogP contribution in [0.1, 0.15) is 42.5 Å². The number of carbonyl (C=O) groups excluding carboxylic acids is 1. The minimum Gasteiger partial charge on any atom is -0.507 e. The van der Waals surface area contributed by atoms with E-state index in [9.17, 15) is 24.2 Å². The van der Waals surface area contributed by atoms with Crippen LogP contribution in [0.4, 0.5) is 4.39 Å². The molecule has 0 bridgehead atoms. The summed E-state index contributed by atoms with van der Waals surface area (Å²) in [5.41, 5.74) is -1.15. The van der Waals surface area contributed by atoms with Crippen LogP contribution in [0.3, 0.4) is 0 Å². The van der Waals surface area contributed by atoms with Crippen molar-refractivity contribution < 1.29 is 24.2 Å². The molecular weight excluding hydrogens is 277 g/mol. The molecule has 1 aromatic carbocycles. The zero-order valence-corrected chi connectivity index (χ0v) is 11.6. The van der Waals surface area contributed by atoms with E-state index >= 15 is 0 Å². The van der Waals surface area contributed by atoms with E-state index in [1.807, 2.05) is 0 Å². The largest absolute Gasteiger partial charge is 0.507 e. The quantitative estimate of drug-likeness (QED) is 0.795. The van der Waals surface area contributed by atoms with Crippen molar-refractivity contribution >= 4 is 11.9 Å². The Kier molecular flexibility index (Phi) is 4.45. The Hall–Kier alpha value is -2.11. The summed E-state index contributed by atoms with van der Waals surface area (Å²) in [5.74, 6) is -2.56. The Labute approximate surface area is 121 Å². The van der Waals surface area contributed by atoms with Crippen LogP contribution in [0.5, 0.6) is 5.75 Å². The van der Waals surface area contributed by atoms with Gasteiger partial charge in [0.1, 0.15) is 11.6 Å². The first-order chi connectivity index (χ1) is 9.94. The highest BCUT2D eigenvalue weighted by Crippen LogP contribution is 2.36. The number of halogens is 1. The van der Waals surface area contributed by atoms with Gasteiger partial charge in [0.25, 0.3) is 5.91 Å². The number of carbonyl (C=O) groups is 2. The second-order valence-corrected chi connectivity index (χ2v) is 5.49. The van der Waals surface area contributed by atoms with Gasteiger partial charge in [0.2, 0.25) is 0 Å².